The number of hydrogen-bond acceptors (Lipinski definition) is 5. The van der Waals surface area contributed by atoms with Crippen LogP contribution in [0.2, 0.25) is 5.02 Å². The van der Waals surface area contributed by atoms with Crippen LogP contribution in [0.4, 0.5) is 0 Å². The maximum atomic E-state index is 10.6. The average Bonchev–Trinajstić information content (AvgIpc) is 2.88. The number of carbonyl (C=O) groups is 1. The smallest absolute Gasteiger partial charge is 0.255 e. The lowest BCUT2D eigenvalue weighted by atomic mass is 10.2. The number of rotatable bonds is 5. The number of benzene rings is 1. The summed E-state index contributed by atoms with van der Waals surface area (Å²) in [5, 5.41) is 11.7. The minimum Gasteiger partial charge on any atom is -0.482 e. The predicted molar refractivity (Wildman–Crippen MR) is 69.2 cm³/mol. The van der Waals surface area contributed by atoms with E-state index < -0.39 is 5.91 Å². The fourth-order valence-electron chi connectivity index (χ4n) is 1.25. The molecule has 0 aliphatic rings. The maximum absolute atomic E-state index is 10.6. The number of hydrogen-bond donors (Lipinski definition) is 1. The van der Waals surface area contributed by atoms with E-state index in [1.165, 1.54) is 17.3 Å². The molecule has 8 heteroatoms. The van der Waals surface area contributed by atoms with Crippen LogP contribution in [-0.4, -0.2) is 33.6 Å². The van der Waals surface area contributed by atoms with E-state index in [1.54, 1.807) is 24.4 Å². The second-order valence-electron chi connectivity index (χ2n) is 3.53. The summed E-state index contributed by atoms with van der Waals surface area (Å²) in [7, 11) is 0. The Morgan fingerprint density at radius 2 is 2.21 bits per heavy atom. The molecule has 0 fully saturated rings. The third kappa shape index (κ3) is 3.78. The molecule has 0 spiro atoms. The Kier molecular flexibility index (Phi) is 4.09. The Labute approximate surface area is 113 Å². The van der Waals surface area contributed by atoms with E-state index in [9.17, 15) is 4.79 Å². The first kappa shape index (κ1) is 13.0. The predicted octanol–water partition coefficient (Wildman–Crippen LogP) is 0.678. The van der Waals surface area contributed by atoms with E-state index >= 15 is 0 Å². The molecule has 1 aromatic carbocycles. The Hall–Kier alpha value is -2.41. The minimum absolute atomic E-state index is 0.214. The third-order valence-corrected chi connectivity index (χ3v) is 2.37. The number of aromatic nitrogens is 3. The number of amides is 1. The van der Waals surface area contributed by atoms with Crippen LogP contribution >= 0.6 is 11.6 Å². The lowest BCUT2D eigenvalue weighted by Crippen LogP contribution is -2.20. The van der Waals surface area contributed by atoms with Crippen molar-refractivity contribution in [1.29, 1.82) is 0 Å². The van der Waals surface area contributed by atoms with E-state index in [0.717, 1.165) is 5.56 Å². The SMILES string of the molecule is NC(=O)COc1ccc(C=Nn2cnnc2)cc1Cl. The van der Waals surface area contributed by atoms with Crippen molar-refractivity contribution >= 4 is 23.7 Å². The van der Waals surface area contributed by atoms with Gasteiger partial charge in [-0.15, -0.1) is 10.2 Å². The van der Waals surface area contributed by atoms with Crippen LogP contribution in [0.5, 0.6) is 5.75 Å². The molecule has 0 radical (unpaired) electrons. The number of primary amides is 1. The van der Waals surface area contributed by atoms with Gasteiger partial charge in [-0.2, -0.15) is 5.10 Å². The van der Waals surface area contributed by atoms with Gasteiger partial charge >= 0.3 is 0 Å². The summed E-state index contributed by atoms with van der Waals surface area (Å²) in [5.74, 6) is -0.170. The van der Waals surface area contributed by atoms with Crippen molar-refractivity contribution < 1.29 is 9.53 Å². The largest absolute Gasteiger partial charge is 0.482 e. The molecule has 2 N–H and O–H groups in total. The lowest BCUT2D eigenvalue weighted by molar-refractivity contribution is -0.119. The quantitative estimate of drug-likeness (QED) is 0.814. The van der Waals surface area contributed by atoms with Gasteiger partial charge in [-0.1, -0.05) is 11.6 Å². The topological polar surface area (TPSA) is 95.4 Å². The van der Waals surface area contributed by atoms with E-state index in [0.29, 0.717) is 10.8 Å². The first-order chi connectivity index (χ1) is 9.15. The van der Waals surface area contributed by atoms with Gasteiger partial charge in [0.15, 0.2) is 6.61 Å². The van der Waals surface area contributed by atoms with Gasteiger partial charge in [0.25, 0.3) is 5.91 Å². The molecule has 0 aliphatic heterocycles. The van der Waals surface area contributed by atoms with Crippen LogP contribution in [-0.2, 0) is 4.79 Å². The van der Waals surface area contributed by atoms with Crippen LogP contribution < -0.4 is 10.5 Å². The number of halogens is 1. The molecule has 0 atom stereocenters. The second kappa shape index (κ2) is 5.96. The molecule has 0 saturated heterocycles. The molecular weight excluding hydrogens is 270 g/mol. The fourth-order valence-corrected chi connectivity index (χ4v) is 1.50. The van der Waals surface area contributed by atoms with Crippen molar-refractivity contribution in [2.24, 2.45) is 10.8 Å². The summed E-state index contributed by atoms with van der Waals surface area (Å²) < 4.78 is 6.58. The summed E-state index contributed by atoms with van der Waals surface area (Å²) >= 11 is 6.00. The first-order valence-electron chi connectivity index (χ1n) is 5.25. The van der Waals surface area contributed by atoms with Crippen LogP contribution in [0.3, 0.4) is 0 Å². The monoisotopic (exact) mass is 279 g/mol. The zero-order valence-electron chi connectivity index (χ0n) is 9.73. The van der Waals surface area contributed by atoms with Crippen molar-refractivity contribution in [3.8, 4) is 5.75 Å². The molecule has 1 heterocycles. The Morgan fingerprint density at radius 1 is 1.47 bits per heavy atom. The van der Waals surface area contributed by atoms with Crippen LogP contribution in [0.15, 0.2) is 36.0 Å². The molecule has 7 nitrogen and oxygen atoms in total. The summed E-state index contributed by atoms with van der Waals surface area (Å²) in [6.07, 6.45) is 4.51. The molecular formula is C11H10ClN5O2. The highest BCUT2D eigenvalue weighted by molar-refractivity contribution is 6.32. The van der Waals surface area contributed by atoms with Gasteiger partial charge < -0.3 is 10.5 Å². The van der Waals surface area contributed by atoms with Crippen molar-refractivity contribution in [2.75, 3.05) is 6.61 Å². The molecule has 2 rings (SSSR count). The van der Waals surface area contributed by atoms with Crippen LogP contribution in [0.25, 0.3) is 0 Å². The Morgan fingerprint density at radius 3 is 2.84 bits per heavy atom. The summed E-state index contributed by atoms with van der Waals surface area (Å²) in [5.41, 5.74) is 5.75. The molecule has 1 amide bonds. The molecule has 0 unspecified atom stereocenters. The lowest BCUT2D eigenvalue weighted by Gasteiger charge is -2.06. The maximum Gasteiger partial charge on any atom is 0.255 e. The van der Waals surface area contributed by atoms with Gasteiger partial charge in [0.2, 0.25) is 0 Å². The molecule has 98 valence electrons. The van der Waals surface area contributed by atoms with Crippen molar-refractivity contribution in [3.63, 3.8) is 0 Å². The van der Waals surface area contributed by atoms with Gasteiger partial charge in [0.05, 0.1) is 11.2 Å². The number of nitrogens with two attached hydrogens (primary N) is 1. The third-order valence-electron chi connectivity index (χ3n) is 2.07. The number of carbonyl (C=O) groups excluding carboxylic acids is 1. The molecule has 1 aromatic heterocycles. The second-order valence-corrected chi connectivity index (χ2v) is 3.94. The normalized spacial score (nSPS) is 10.8. The standard InChI is InChI=1S/C11H10ClN5O2/c12-9-3-8(4-16-17-6-14-15-7-17)1-2-10(9)19-5-11(13)18/h1-4,6-7H,5H2,(H2,13,18). The van der Waals surface area contributed by atoms with Crippen LogP contribution in [0.1, 0.15) is 5.56 Å². The summed E-state index contributed by atoms with van der Waals surface area (Å²) in [4.78, 5) is 10.6. The van der Waals surface area contributed by atoms with Gasteiger partial charge in [0, 0.05) is 0 Å². The fraction of sp³-hybridized carbons (Fsp3) is 0.0909. The van der Waals surface area contributed by atoms with Crippen molar-refractivity contribution in [1.82, 2.24) is 14.9 Å². The molecule has 0 aliphatic carbocycles. The van der Waals surface area contributed by atoms with E-state index in [1.807, 2.05) is 0 Å². The molecule has 19 heavy (non-hydrogen) atoms. The van der Waals surface area contributed by atoms with E-state index in [-0.39, 0.29) is 6.61 Å². The number of ether oxygens (including phenoxy) is 1. The molecule has 0 bridgehead atoms. The average molecular weight is 280 g/mol. The van der Waals surface area contributed by atoms with Gasteiger partial charge in [0.1, 0.15) is 18.4 Å². The van der Waals surface area contributed by atoms with E-state index in [4.69, 9.17) is 22.1 Å². The highest BCUT2D eigenvalue weighted by Gasteiger charge is 2.03. The highest BCUT2D eigenvalue weighted by atomic mass is 35.5. The molecule has 2 aromatic rings. The zero-order chi connectivity index (χ0) is 13.7. The summed E-state index contributed by atoms with van der Waals surface area (Å²) in [6.45, 7) is -0.214. The number of nitrogens with zero attached hydrogens (tertiary/aromatic N) is 4. The van der Waals surface area contributed by atoms with Gasteiger partial charge in [-0.25, -0.2) is 4.68 Å². The minimum atomic E-state index is -0.561. The highest BCUT2D eigenvalue weighted by Crippen LogP contribution is 2.24. The van der Waals surface area contributed by atoms with Crippen LogP contribution in [0, 0.1) is 0 Å². The van der Waals surface area contributed by atoms with Crippen molar-refractivity contribution in [2.45, 2.75) is 0 Å². The van der Waals surface area contributed by atoms with Gasteiger partial charge in [-0.3, -0.25) is 4.79 Å². The van der Waals surface area contributed by atoms with Gasteiger partial charge in [-0.05, 0) is 23.8 Å². The van der Waals surface area contributed by atoms with E-state index in [2.05, 4.69) is 15.3 Å². The Bertz CT molecular complexity index is 597. The first-order valence-corrected chi connectivity index (χ1v) is 5.62. The Balaban J connectivity index is 2.08. The molecule has 0 saturated carbocycles. The summed E-state index contributed by atoms with van der Waals surface area (Å²) in [6, 6.07) is 5.04. The zero-order valence-corrected chi connectivity index (χ0v) is 10.5. The van der Waals surface area contributed by atoms with Crippen molar-refractivity contribution in [3.05, 3.63) is 41.4 Å².